The monoisotopic (exact) mass is 475 g/mol. The molecular formula is C23H33N5O4S. The molecule has 2 atom stereocenters. The molecule has 33 heavy (non-hydrogen) atoms. The normalized spacial score (nSPS) is 18.1. The number of hydrogen-bond acceptors (Lipinski definition) is 6. The fraction of sp³-hybridized carbons (Fsp3) is 0.522. The number of pyridine rings is 2. The highest BCUT2D eigenvalue weighted by Crippen LogP contribution is 2.29. The van der Waals surface area contributed by atoms with Crippen LogP contribution in [0.15, 0.2) is 41.6 Å². The van der Waals surface area contributed by atoms with E-state index in [1.54, 1.807) is 12.1 Å². The van der Waals surface area contributed by atoms with Gasteiger partial charge in [-0.2, -0.15) is 0 Å². The molecule has 3 heterocycles. The molecule has 1 aliphatic rings. The van der Waals surface area contributed by atoms with Crippen molar-refractivity contribution in [3.8, 4) is 0 Å². The Hall–Kier alpha value is -2.72. The summed E-state index contributed by atoms with van der Waals surface area (Å²) in [6.07, 6.45) is 4.32. The zero-order chi connectivity index (χ0) is 24.2. The molecule has 0 radical (unpaired) electrons. The van der Waals surface area contributed by atoms with E-state index < -0.39 is 16.1 Å². The molecule has 3 rings (SSSR count). The summed E-state index contributed by atoms with van der Waals surface area (Å²) in [6.45, 7) is 7.48. The fourth-order valence-electron chi connectivity index (χ4n) is 4.06. The van der Waals surface area contributed by atoms with Gasteiger partial charge in [0.15, 0.2) is 5.03 Å². The molecule has 0 aliphatic carbocycles. The number of aromatic nitrogens is 2. The predicted octanol–water partition coefficient (Wildman–Crippen LogP) is 3.74. The lowest BCUT2D eigenvalue weighted by atomic mass is 9.87. The van der Waals surface area contributed by atoms with Crippen LogP contribution in [0.4, 0.5) is 10.6 Å². The molecule has 2 aromatic rings. The van der Waals surface area contributed by atoms with Gasteiger partial charge in [-0.25, -0.2) is 23.3 Å². The number of carbonyl (C=O) groups is 1. The molecule has 0 saturated carbocycles. The molecule has 2 aromatic heterocycles. The molecule has 4 N–H and O–H groups in total. The summed E-state index contributed by atoms with van der Waals surface area (Å²) in [5.41, 5.74) is 1.91. The summed E-state index contributed by atoms with van der Waals surface area (Å²) < 4.78 is 23.4. The van der Waals surface area contributed by atoms with E-state index in [0.717, 1.165) is 30.5 Å². The first-order valence-corrected chi connectivity index (χ1v) is 12.7. The minimum Gasteiger partial charge on any atom is -0.465 e. The number of anilines is 1. The predicted molar refractivity (Wildman–Crippen MR) is 126 cm³/mol. The van der Waals surface area contributed by atoms with E-state index in [4.69, 9.17) is 5.14 Å². The second-order valence-corrected chi connectivity index (χ2v) is 11.1. The van der Waals surface area contributed by atoms with Gasteiger partial charge in [0.25, 0.3) is 10.0 Å². The molecule has 0 aromatic carbocycles. The van der Waals surface area contributed by atoms with E-state index in [1.165, 1.54) is 11.0 Å². The third-order valence-electron chi connectivity index (χ3n) is 6.00. The number of hydrogen-bond donors (Lipinski definition) is 3. The number of sulfonamides is 1. The van der Waals surface area contributed by atoms with Gasteiger partial charge in [-0.1, -0.05) is 32.9 Å². The molecule has 1 unspecified atom stereocenters. The maximum absolute atomic E-state index is 11.7. The summed E-state index contributed by atoms with van der Waals surface area (Å²) in [5.74, 6) is 0.653. The van der Waals surface area contributed by atoms with Crippen LogP contribution >= 0.6 is 0 Å². The van der Waals surface area contributed by atoms with Crippen LogP contribution in [0.3, 0.4) is 0 Å². The summed E-state index contributed by atoms with van der Waals surface area (Å²) in [6, 6.07) is 8.45. The first-order valence-electron chi connectivity index (χ1n) is 11.1. The smallest absolute Gasteiger partial charge is 0.407 e. The molecule has 0 bridgehead atoms. The number of likely N-dealkylation sites (tertiary alicyclic amines) is 1. The van der Waals surface area contributed by atoms with E-state index in [2.05, 4.69) is 42.1 Å². The van der Waals surface area contributed by atoms with Crippen molar-refractivity contribution in [1.82, 2.24) is 14.9 Å². The first kappa shape index (κ1) is 24.9. The van der Waals surface area contributed by atoms with Crippen molar-refractivity contribution < 1.29 is 18.3 Å². The average molecular weight is 476 g/mol. The number of primary sulfonamides is 1. The van der Waals surface area contributed by atoms with Gasteiger partial charge < -0.3 is 15.3 Å². The molecular weight excluding hydrogens is 442 g/mol. The minimum absolute atomic E-state index is 0.0256. The minimum atomic E-state index is -3.92. The SMILES string of the molecule is CC(C)(C)c1ccc(C(CC[C@H]2CCCN(C(=O)O)C2)Nc2cccc(S(N)(=O)=O)n2)nc1. The van der Waals surface area contributed by atoms with Crippen molar-refractivity contribution in [2.24, 2.45) is 11.1 Å². The van der Waals surface area contributed by atoms with Crippen molar-refractivity contribution in [2.45, 2.75) is 62.9 Å². The maximum atomic E-state index is 11.7. The number of nitrogens with two attached hydrogens (primary N) is 1. The summed E-state index contributed by atoms with van der Waals surface area (Å²) in [5, 5.41) is 17.7. The van der Waals surface area contributed by atoms with Crippen LogP contribution < -0.4 is 10.5 Å². The number of amides is 1. The van der Waals surface area contributed by atoms with Crippen LogP contribution in [0, 0.1) is 5.92 Å². The van der Waals surface area contributed by atoms with Crippen molar-refractivity contribution in [3.05, 3.63) is 47.8 Å². The van der Waals surface area contributed by atoms with Crippen LogP contribution in [0.5, 0.6) is 0 Å². The third-order valence-corrected chi connectivity index (χ3v) is 6.81. The summed E-state index contributed by atoms with van der Waals surface area (Å²) in [4.78, 5) is 21.7. The highest BCUT2D eigenvalue weighted by molar-refractivity contribution is 7.89. The Morgan fingerprint density at radius 3 is 2.67 bits per heavy atom. The van der Waals surface area contributed by atoms with E-state index in [0.29, 0.717) is 25.3 Å². The second-order valence-electron chi connectivity index (χ2n) is 9.64. The van der Waals surface area contributed by atoms with Crippen LogP contribution in [-0.2, 0) is 15.4 Å². The Kier molecular flexibility index (Phi) is 7.58. The number of piperidine rings is 1. The Balaban J connectivity index is 1.81. The molecule has 1 amide bonds. The summed E-state index contributed by atoms with van der Waals surface area (Å²) >= 11 is 0. The number of rotatable bonds is 7. The molecule has 1 saturated heterocycles. The number of carboxylic acid groups (broad SMARTS) is 1. The van der Waals surface area contributed by atoms with Gasteiger partial charge in [0.1, 0.15) is 5.82 Å². The van der Waals surface area contributed by atoms with E-state index in [-0.39, 0.29) is 22.4 Å². The topological polar surface area (TPSA) is 139 Å². The average Bonchev–Trinajstić information content (AvgIpc) is 2.76. The van der Waals surface area contributed by atoms with Crippen LogP contribution in [0.2, 0.25) is 0 Å². The quantitative estimate of drug-likeness (QED) is 0.554. The third kappa shape index (κ3) is 6.88. The number of nitrogens with zero attached hydrogens (tertiary/aromatic N) is 3. The Bertz CT molecular complexity index is 1070. The van der Waals surface area contributed by atoms with Gasteiger partial charge in [0, 0.05) is 19.3 Å². The van der Waals surface area contributed by atoms with E-state index >= 15 is 0 Å². The zero-order valence-corrected chi connectivity index (χ0v) is 20.2. The largest absolute Gasteiger partial charge is 0.465 e. The van der Waals surface area contributed by atoms with Crippen LogP contribution in [0.1, 0.15) is 63.8 Å². The van der Waals surface area contributed by atoms with Gasteiger partial charge in [0.05, 0.1) is 11.7 Å². The maximum Gasteiger partial charge on any atom is 0.407 e. The second kappa shape index (κ2) is 10.0. The molecule has 10 heteroatoms. The molecule has 0 spiro atoms. The van der Waals surface area contributed by atoms with Crippen molar-refractivity contribution in [3.63, 3.8) is 0 Å². The van der Waals surface area contributed by atoms with E-state index in [9.17, 15) is 18.3 Å². The molecule has 180 valence electrons. The van der Waals surface area contributed by atoms with Gasteiger partial charge in [-0.15, -0.1) is 0 Å². The highest BCUT2D eigenvalue weighted by Gasteiger charge is 2.25. The molecule has 1 aliphatic heterocycles. The fourth-order valence-corrected chi connectivity index (χ4v) is 4.55. The van der Waals surface area contributed by atoms with Crippen LogP contribution in [-0.4, -0.2) is 47.6 Å². The van der Waals surface area contributed by atoms with Crippen molar-refractivity contribution in [2.75, 3.05) is 18.4 Å². The lowest BCUT2D eigenvalue weighted by Crippen LogP contribution is -2.39. The van der Waals surface area contributed by atoms with Crippen molar-refractivity contribution >= 4 is 21.9 Å². The van der Waals surface area contributed by atoms with E-state index in [1.807, 2.05) is 12.3 Å². The highest BCUT2D eigenvalue weighted by atomic mass is 32.2. The Morgan fingerprint density at radius 1 is 1.30 bits per heavy atom. The Labute approximate surface area is 195 Å². The van der Waals surface area contributed by atoms with Gasteiger partial charge in [0.2, 0.25) is 0 Å². The van der Waals surface area contributed by atoms with Gasteiger partial charge in [-0.05, 0) is 60.8 Å². The molecule has 9 nitrogen and oxygen atoms in total. The summed E-state index contributed by atoms with van der Waals surface area (Å²) in [7, 11) is -3.92. The van der Waals surface area contributed by atoms with Gasteiger partial charge in [-0.3, -0.25) is 4.98 Å². The first-order chi connectivity index (χ1) is 15.4. The Morgan fingerprint density at radius 2 is 2.06 bits per heavy atom. The lowest BCUT2D eigenvalue weighted by Gasteiger charge is -2.31. The number of nitrogens with one attached hydrogen (secondary N) is 1. The molecule has 1 fully saturated rings. The zero-order valence-electron chi connectivity index (χ0n) is 19.4. The van der Waals surface area contributed by atoms with Crippen molar-refractivity contribution in [1.29, 1.82) is 0 Å². The van der Waals surface area contributed by atoms with Gasteiger partial charge >= 0.3 is 6.09 Å². The lowest BCUT2D eigenvalue weighted by molar-refractivity contribution is 0.117. The van der Waals surface area contributed by atoms with Crippen LogP contribution in [0.25, 0.3) is 0 Å². The standard InChI is InChI=1S/C23H33N5O4S/c1-23(2,3)17-10-12-18(25-14-17)19(11-9-16-6-5-13-28(15-16)22(29)30)26-20-7-4-8-21(27-20)33(24,31)32/h4,7-8,10,12,14,16,19H,5-6,9,11,13,15H2,1-3H3,(H,26,27)(H,29,30)(H2,24,31,32)/t16-,19?/m1/s1.